The Balaban J connectivity index is 0.000000606. The predicted octanol–water partition coefficient (Wildman–Crippen LogP) is 3.86. The molecule has 1 aromatic rings. The van der Waals surface area contributed by atoms with Crippen LogP contribution in [0.1, 0.15) is 38.3 Å². The maximum absolute atomic E-state index is 2.53. The normalized spacial score (nSPS) is 16.2. The first-order valence-corrected chi connectivity index (χ1v) is 6.56. The average molecular weight is 219 g/mol. The summed E-state index contributed by atoms with van der Waals surface area (Å²) in [6.07, 6.45) is 1.34. The van der Waals surface area contributed by atoms with E-state index >= 15 is 0 Å². The number of rotatable bonds is 3. The number of aryl methyl sites for hydroxylation is 1. The summed E-state index contributed by atoms with van der Waals surface area (Å²) < 4.78 is 0. The van der Waals surface area contributed by atoms with Crippen molar-refractivity contribution in [3.8, 4) is 0 Å². The van der Waals surface area contributed by atoms with Gasteiger partial charge in [-0.05, 0) is 18.4 Å². The monoisotopic (exact) mass is 219 g/mol. The zero-order valence-electron chi connectivity index (χ0n) is 11.2. The van der Waals surface area contributed by atoms with Crippen molar-refractivity contribution in [1.29, 1.82) is 0 Å². The van der Waals surface area contributed by atoms with E-state index in [-0.39, 0.29) is 0 Å². The zero-order chi connectivity index (χ0) is 12.0. The molecule has 0 radical (unpaired) electrons. The lowest BCUT2D eigenvalue weighted by atomic mass is 9.96. The number of benzene rings is 1. The van der Waals surface area contributed by atoms with E-state index in [1.807, 2.05) is 13.8 Å². The number of hydrogen-bond donors (Lipinski definition) is 0. The highest BCUT2D eigenvalue weighted by molar-refractivity contribution is 5.22. The molecule has 2 rings (SSSR count). The molecule has 0 N–H and O–H groups in total. The average Bonchev–Trinajstić information content (AvgIpc) is 2.26. The van der Waals surface area contributed by atoms with Crippen molar-refractivity contribution in [2.75, 3.05) is 13.1 Å². The van der Waals surface area contributed by atoms with Gasteiger partial charge in [-0.2, -0.15) is 0 Å². The summed E-state index contributed by atoms with van der Waals surface area (Å²) >= 11 is 0. The largest absolute Gasteiger partial charge is 0.298 e. The van der Waals surface area contributed by atoms with Crippen LogP contribution in [0.4, 0.5) is 0 Å². The van der Waals surface area contributed by atoms with Crippen LogP contribution in [-0.2, 0) is 6.54 Å². The highest BCUT2D eigenvalue weighted by Crippen LogP contribution is 2.21. The van der Waals surface area contributed by atoms with Crippen molar-refractivity contribution >= 4 is 0 Å². The number of nitrogens with zero attached hydrogens (tertiary/aromatic N) is 1. The summed E-state index contributed by atoms with van der Waals surface area (Å²) in [5.74, 6) is 0.958. The maximum Gasteiger partial charge on any atom is 0.0234 e. The van der Waals surface area contributed by atoms with Crippen LogP contribution < -0.4 is 0 Å². The summed E-state index contributed by atoms with van der Waals surface area (Å²) in [5, 5.41) is 0. The molecule has 1 aliphatic rings. The van der Waals surface area contributed by atoms with Gasteiger partial charge in [0, 0.05) is 19.6 Å². The topological polar surface area (TPSA) is 3.24 Å². The minimum Gasteiger partial charge on any atom is -0.298 e. The van der Waals surface area contributed by atoms with Crippen LogP contribution in [0.15, 0.2) is 24.3 Å². The molecular weight excluding hydrogens is 194 g/mol. The Morgan fingerprint density at radius 2 is 1.94 bits per heavy atom. The molecule has 1 fully saturated rings. The van der Waals surface area contributed by atoms with Gasteiger partial charge in [0.25, 0.3) is 0 Å². The van der Waals surface area contributed by atoms with Crippen molar-refractivity contribution in [1.82, 2.24) is 4.90 Å². The van der Waals surface area contributed by atoms with Crippen LogP contribution in [0, 0.1) is 12.8 Å². The Morgan fingerprint density at radius 3 is 2.50 bits per heavy atom. The summed E-state index contributed by atoms with van der Waals surface area (Å²) in [4.78, 5) is 2.53. The molecule has 16 heavy (non-hydrogen) atoms. The van der Waals surface area contributed by atoms with E-state index in [1.165, 1.54) is 30.6 Å². The van der Waals surface area contributed by atoms with Crippen LogP contribution in [-0.4, -0.2) is 18.0 Å². The lowest BCUT2D eigenvalue weighted by Crippen LogP contribution is -2.45. The minimum atomic E-state index is 0.958. The van der Waals surface area contributed by atoms with Gasteiger partial charge in [0.05, 0.1) is 0 Å². The SMILES string of the molecule is CC.CCC1CN(Cc2cccc(C)c2)C1. The first-order chi connectivity index (χ1) is 7.78. The third-order valence-electron chi connectivity index (χ3n) is 3.10. The van der Waals surface area contributed by atoms with Crippen LogP contribution in [0.5, 0.6) is 0 Å². The van der Waals surface area contributed by atoms with E-state index in [1.54, 1.807) is 0 Å². The van der Waals surface area contributed by atoms with E-state index in [4.69, 9.17) is 0 Å². The Labute approximate surface area is 100 Å². The van der Waals surface area contributed by atoms with Gasteiger partial charge in [0.15, 0.2) is 0 Å². The fourth-order valence-electron chi connectivity index (χ4n) is 2.13. The molecule has 1 heteroatoms. The van der Waals surface area contributed by atoms with E-state index in [9.17, 15) is 0 Å². The molecule has 1 aliphatic heterocycles. The molecule has 90 valence electrons. The first kappa shape index (κ1) is 13.2. The Bertz CT molecular complexity index is 300. The molecule has 0 atom stereocenters. The standard InChI is InChI=1S/C13H19N.C2H6/c1-3-12-8-14(9-12)10-13-6-4-5-11(2)7-13;1-2/h4-7,12H,3,8-10H2,1-2H3;1-2H3. The smallest absolute Gasteiger partial charge is 0.0234 e. The Morgan fingerprint density at radius 1 is 1.25 bits per heavy atom. The van der Waals surface area contributed by atoms with Crippen LogP contribution in [0.2, 0.25) is 0 Å². The zero-order valence-corrected chi connectivity index (χ0v) is 11.2. The molecule has 1 saturated heterocycles. The molecule has 1 nitrogen and oxygen atoms in total. The molecule has 1 heterocycles. The second-order valence-electron chi connectivity index (χ2n) is 4.46. The molecule has 0 spiro atoms. The van der Waals surface area contributed by atoms with Gasteiger partial charge < -0.3 is 0 Å². The molecule has 0 aliphatic carbocycles. The van der Waals surface area contributed by atoms with Crippen LogP contribution in [0.25, 0.3) is 0 Å². The van der Waals surface area contributed by atoms with E-state index in [0.717, 1.165) is 12.5 Å². The van der Waals surface area contributed by atoms with Gasteiger partial charge in [0.1, 0.15) is 0 Å². The van der Waals surface area contributed by atoms with E-state index in [0.29, 0.717) is 0 Å². The van der Waals surface area contributed by atoms with Gasteiger partial charge in [-0.25, -0.2) is 0 Å². The molecule has 0 saturated carbocycles. The lowest BCUT2D eigenvalue weighted by molar-refractivity contribution is 0.0899. The summed E-state index contributed by atoms with van der Waals surface area (Å²) in [6, 6.07) is 8.84. The third kappa shape index (κ3) is 3.64. The molecule has 0 unspecified atom stereocenters. The van der Waals surface area contributed by atoms with Crippen molar-refractivity contribution < 1.29 is 0 Å². The van der Waals surface area contributed by atoms with Gasteiger partial charge in [0.2, 0.25) is 0 Å². The number of hydrogen-bond acceptors (Lipinski definition) is 1. The fourth-order valence-corrected chi connectivity index (χ4v) is 2.13. The quantitative estimate of drug-likeness (QED) is 0.746. The van der Waals surface area contributed by atoms with Gasteiger partial charge >= 0.3 is 0 Å². The predicted molar refractivity (Wildman–Crippen MR) is 71.6 cm³/mol. The van der Waals surface area contributed by atoms with Gasteiger partial charge in [-0.1, -0.05) is 57.0 Å². The maximum atomic E-state index is 2.53. The molecular formula is C15H25N. The fraction of sp³-hybridized carbons (Fsp3) is 0.600. The second kappa shape index (κ2) is 6.70. The van der Waals surface area contributed by atoms with Crippen molar-refractivity contribution in [2.45, 2.75) is 40.7 Å². The third-order valence-corrected chi connectivity index (χ3v) is 3.10. The molecule has 0 aromatic heterocycles. The van der Waals surface area contributed by atoms with Crippen LogP contribution >= 0.6 is 0 Å². The summed E-state index contributed by atoms with van der Waals surface area (Å²) in [6.45, 7) is 12.2. The molecule has 1 aromatic carbocycles. The first-order valence-electron chi connectivity index (χ1n) is 6.56. The Hall–Kier alpha value is -0.820. The molecule has 0 bridgehead atoms. The highest BCUT2D eigenvalue weighted by atomic mass is 15.2. The van der Waals surface area contributed by atoms with Crippen molar-refractivity contribution in [2.24, 2.45) is 5.92 Å². The minimum absolute atomic E-state index is 0.958. The molecule has 0 amide bonds. The highest BCUT2D eigenvalue weighted by Gasteiger charge is 2.24. The van der Waals surface area contributed by atoms with Gasteiger partial charge in [-0.15, -0.1) is 0 Å². The lowest BCUT2D eigenvalue weighted by Gasteiger charge is -2.38. The summed E-state index contributed by atoms with van der Waals surface area (Å²) in [7, 11) is 0. The van der Waals surface area contributed by atoms with Crippen molar-refractivity contribution in [3.63, 3.8) is 0 Å². The van der Waals surface area contributed by atoms with E-state index < -0.39 is 0 Å². The Kier molecular flexibility index (Phi) is 5.54. The van der Waals surface area contributed by atoms with Crippen molar-refractivity contribution in [3.05, 3.63) is 35.4 Å². The van der Waals surface area contributed by atoms with Gasteiger partial charge in [-0.3, -0.25) is 4.90 Å². The number of likely N-dealkylation sites (tertiary alicyclic amines) is 1. The van der Waals surface area contributed by atoms with Crippen LogP contribution in [0.3, 0.4) is 0 Å². The van der Waals surface area contributed by atoms with E-state index in [2.05, 4.69) is 43.0 Å². The summed E-state index contributed by atoms with van der Waals surface area (Å²) in [5.41, 5.74) is 2.83. The second-order valence-corrected chi connectivity index (χ2v) is 4.46.